The smallest absolute Gasteiger partial charge is 0.253 e. The van der Waals surface area contributed by atoms with Crippen molar-refractivity contribution in [1.82, 2.24) is 10.6 Å². The summed E-state index contributed by atoms with van der Waals surface area (Å²) in [6.07, 6.45) is 1.65. The zero-order valence-corrected chi connectivity index (χ0v) is 21.8. The van der Waals surface area contributed by atoms with Gasteiger partial charge in [-0.25, -0.2) is 0 Å². The quantitative estimate of drug-likeness (QED) is 0.234. The van der Waals surface area contributed by atoms with Gasteiger partial charge in [0.1, 0.15) is 6.04 Å². The number of carbonyl (C=O) groups is 3. The third-order valence-electron chi connectivity index (χ3n) is 7.03. The van der Waals surface area contributed by atoms with E-state index in [0.29, 0.717) is 25.1 Å². The average Bonchev–Trinajstić information content (AvgIpc) is 3.61. The molecule has 8 nitrogen and oxygen atoms in total. The van der Waals surface area contributed by atoms with Gasteiger partial charge in [0.05, 0.1) is 0 Å². The van der Waals surface area contributed by atoms with Crippen LogP contribution in [0.5, 0.6) is 0 Å². The van der Waals surface area contributed by atoms with Gasteiger partial charge in [0.2, 0.25) is 5.91 Å². The highest BCUT2D eigenvalue weighted by atomic mass is 35.5. The van der Waals surface area contributed by atoms with Gasteiger partial charge in [0.25, 0.3) is 11.8 Å². The van der Waals surface area contributed by atoms with Crippen LogP contribution in [0, 0.1) is 0 Å². The number of carbonyl (C=O) groups excluding carboxylic acids is 3. The second-order valence-corrected chi connectivity index (χ2v) is 9.72. The number of epoxide rings is 1. The number of nitrogens with one attached hydrogen (secondary N) is 3. The molecule has 1 saturated heterocycles. The Morgan fingerprint density at radius 2 is 1.53 bits per heavy atom. The molecule has 5 N–H and O–H groups in total. The van der Waals surface area contributed by atoms with Gasteiger partial charge in [0.15, 0.2) is 12.2 Å². The second kappa shape index (κ2) is 12.4. The van der Waals surface area contributed by atoms with Crippen LogP contribution in [0.2, 0.25) is 0 Å². The minimum absolute atomic E-state index is 0. The largest absolute Gasteiger partial charge is 0.350 e. The van der Waals surface area contributed by atoms with Gasteiger partial charge in [-0.15, -0.1) is 12.4 Å². The lowest BCUT2D eigenvalue weighted by molar-refractivity contribution is -0.127. The lowest BCUT2D eigenvalue weighted by atomic mass is 10.1. The van der Waals surface area contributed by atoms with Crippen LogP contribution in [-0.4, -0.2) is 48.6 Å². The summed E-state index contributed by atoms with van der Waals surface area (Å²) in [5, 5.41) is 10.7. The summed E-state index contributed by atoms with van der Waals surface area (Å²) in [4.78, 5) is 38.8. The van der Waals surface area contributed by atoms with E-state index in [2.05, 4.69) is 28.1 Å². The molecule has 5 rings (SSSR count). The van der Waals surface area contributed by atoms with Crippen molar-refractivity contribution in [3.05, 3.63) is 77.9 Å². The summed E-state index contributed by atoms with van der Waals surface area (Å²) in [5.74, 6) is -1.06. The number of anilines is 1. The molecule has 9 heteroatoms. The summed E-state index contributed by atoms with van der Waals surface area (Å²) in [5.41, 5.74) is 8.78. The van der Waals surface area contributed by atoms with Gasteiger partial charge in [-0.1, -0.05) is 60.7 Å². The van der Waals surface area contributed by atoms with E-state index >= 15 is 0 Å². The molecule has 1 aliphatic heterocycles. The van der Waals surface area contributed by atoms with Crippen LogP contribution >= 0.6 is 12.4 Å². The first kappa shape index (κ1) is 27.6. The molecule has 3 amide bonds. The molecule has 0 bridgehead atoms. The molecule has 38 heavy (non-hydrogen) atoms. The average molecular weight is 537 g/mol. The normalized spacial score (nSPS) is 18.7. The highest BCUT2D eigenvalue weighted by molar-refractivity contribution is 6.05. The van der Waals surface area contributed by atoms with E-state index in [1.807, 2.05) is 54.6 Å². The number of rotatable bonds is 10. The van der Waals surface area contributed by atoms with Crippen LogP contribution in [0.4, 0.5) is 5.69 Å². The fourth-order valence-electron chi connectivity index (χ4n) is 5.03. The molecule has 3 aromatic rings. The minimum Gasteiger partial charge on any atom is -0.350 e. The molecule has 1 fully saturated rings. The number of halogens is 1. The number of hydrogen-bond acceptors (Lipinski definition) is 5. The molecule has 0 radical (unpaired) electrons. The minimum atomic E-state index is -0.897. The van der Waals surface area contributed by atoms with Gasteiger partial charge in [-0.3, -0.25) is 14.4 Å². The number of nitrogens with two attached hydrogens (primary N) is 1. The lowest BCUT2D eigenvalue weighted by Crippen LogP contribution is -2.47. The van der Waals surface area contributed by atoms with Crippen molar-refractivity contribution in [3.63, 3.8) is 0 Å². The van der Waals surface area contributed by atoms with Gasteiger partial charge < -0.3 is 26.4 Å². The summed E-state index contributed by atoms with van der Waals surface area (Å²) < 4.78 is 5.43. The summed E-state index contributed by atoms with van der Waals surface area (Å²) in [6, 6.07) is 20.8. The molecule has 0 unspecified atom stereocenters. The fourth-order valence-corrected chi connectivity index (χ4v) is 5.03. The molecule has 200 valence electrons. The maximum Gasteiger partial charge on any atom is 0.253 e. The molecule has 0 spiro atoms. The van der Waals surface area contributed by atoms with Crippen molar-refractivity contribution in [1.29, 1.82) is 0 Å². The highest BCUT2D eigenvalue weighted by Crippen LogP contribution is 2.27. The van der Waals surface area contributed by atoms with E-state index in [0.717, 1.165) is 30.0 Å². The number of ether oxygens (including phenoxy) is 1. The second-order valence-electron chi connectivity index (χ2n) is 9.72. The molecule has 3 atom stereocenters. The van der Waals surface area contributed by atoms with Gasteiger partial charge >= 0.3 is 0 Å². The predicted octanol–water partition coefficient (Wildman–Crippen LogP) is 2.86. The Bertz CT molecular complexity index is 1290. The van der Waals surface area contributed by atoms with Crippen LogP contribution < -0.4 is 21.7 Å². The molecule has 0 saturated carbocycles. The van der Waals surface area contributed by atoms with Crippen molar-refractivity contribution in [3.8, 4) is 0 Å². The van der Waals surface area contributed by atoms with E-state index in [9.17, 15) is 14.4 Å². The summed E-state index contributed by atoms with van der Waals surface area (Å²) >= 11 is 0. The van der Waals surface area contributed by atoms with E-state index in [1.54, 1.807) is 0 Å². The maximum absolute atomic E-state index is 13.2. The summed E-state index contributed by atoms with van der Waals surface area (Å²) in [7, 11) is 0. The standard InChI is InChI=1S/C29H32N4O4.ClH/c30-15-6-5-13-24(27(34)32-23-14-7-11-18-8-3-4-12-22(18)23)33-29(36)26-25(37-26)28(35)31-21-16-19-9-1-2-10-20(19)17-21;/h1-4,7-12,14,21,24-26H,5-6,13,15-17,30H2,(H,31,35)(H,32,34)(H,33,36);1H/t24-,25-,26-;/m0./s1. The zero-order chi connectivity index (χ0) is 25.8. The molecule has 1 heterocycles. The Balaban J connectivity index is 0.00000336. The number of benzene rings is 3. The first-order valence-electron chi connectivity index (χ1n) is 12.8. The highest BCUT2D eigenvalue weighted by Gasteiger charge is 2.51. The Morgan fingerprint density at radius 3 is 2.26 bits per heavy atom. The van der Waals surface area contributed by atoms with E-state index < -0.39 is 24.2 Å². The topological polar surface area (TPSA) is 126 Å². The monoisotopic (exact) mass is 536 g/mol. The first-order valence-corrected chi connectivity index (χ1v) is 12.8. The van der Waals surface area contributed by atoms with Crippen LogP contribution in [0.1, 0.15) is 30.4 Å². The molecule has 3 aromatic carbocycles. The maximum atomic E-state index is 13.2. The SMILES string of the molecule is Cl.NCCCC[C@H](NC(=O)[C@H]1O[C@@H]1C(=O)NC1Cc2ccccc2C1)C(=O)Nc1cccc2ccccc12. The van der Waals surface area contributed by atoms with Crippen LogP contribution in [0.25, 0.3) is 10.8 Å². The van der Waals surface area contributed by atoms with E-state index in [1.165, 1.54) is 11.1 Å². The number of fused-ring (bicyclic) bond motifs is 2. The van der Waals surface area contributed by atoms with Crippen LogP contribution in [0.15, 0.2) is 66.7 Å². The summed E-state index contributed by atoms with van der Waals surface area (Å²) in [6.45, 7) is 0.505. The number of hydrogen-bond donors (Lipinski definition) is 4. The van der Waals surface area contributed by atoms with Gasteiger partial charge in [0, 0.05) is 17.1 Å². The Hall–Kier alpha value is -3.46. The Morgan fingerprint density at radius 1 is 0.868 bits per heavy atom. The number of unbranched alkanes of at least 4 members (excludes halogenated alkanes) is 1. The van der Waals surface area contributed by atoms with Crippen LogP contribution in [0.3, 0.4) is 0 Å². The Labute approximate surface area is 228 Å². The Kier molecular flexibility index (Phi) is 8.99. The molecule has 1 aliphatic carbocycles. The van der Waals surface area contributed by atoms with Crippen molar-refractivity contribution in [2.75, 3.05) is 11.9 Å². The number of amides is 3. The first-order chi connectivity index (χ1) is 18.0. The molecule has 2 aliphatic rings. The fraction of sp³-hybridized carbons (Fsp3) is 0.345. The van der Waals surface area contributed by atoms with Gasteiger partial charge in [-0.2, -0.15) is 0 Å². The zero-order valence-electron chi connectivity index (χ0n) is 21.0. The predicted molar refractivity (Wildman–Crippen MR) is 149 cm³/mol. The van der Waals surface area contributed by atoms with E-state index in [4.69, 9.17) is 10.5 Å². The van der Waals surface area contributed by atoms with Crippen molar-refractivity contribution in [2.45, 2.75) is 56.4 Å². The van der Waals surface area contributed by atoms with Crippen molar-refractivity contribution < 1.29 is 19.1 Å². The van der Waals surface area contributed by atoms with E-state index in [-0.39, 0.29) is 30.3 Å². The van der Waals surface area contributed by atoms with Gasteiger partial charge in [-0.05, 0) is 61.2 Å². The third-order valence-corrected chi connectivity index (χ3v) is 7.03. The third kappa shape index (κ3) is 6.32. The van der Waals surface area contributed by atoms with Crippen molar-refractivity contribution in [2.24, 2.45) is 5.73 Å². The van der Waals surface area contributed by atoms with Crippen molar-refractivity contribution >= 4 is 46.6 Å². The van der Waals surface area contributed by atoms with Crippen LogP contribution in [-0.2, 0) is 32.0 Å². The molecular weight excluding hydrogens is 504 g/mol. The molecule has 0 aromatic heterocycles. The molecular formula is C29H33ClN4O4. The lowest BCUT2D eigenvalue weighted by Gasteiger charge is -2.19.